The van der Waals surface area contributed by atoms with Crippen molar-refractivity contribution in [1.82, 2.24) is 9.36 Å². The molecule has 0 aromatic carbocycles. The highest BCUT2D eigenvalue weighted by atomic mass is 32.2. The van der Waals surface area contributed by atoms with Gasteiger partial charge >= 0.3 is 0 Å². The first-order valence-corrected chi connectivity index (χ1v) is 7.28. The van der Waals surface area contributed by atoms with Crippen molar-refractivity contribution in [2.45, 2.75) is 44.4 Å². The van der Waals surface area contributed by atoms with Gasteiger partial charge in [-0.25, -0.2) is 4.98 Å². The van der Waals surface area contributed by atoms with Gasteiger partial charge in [-0.2, -0.15) is 16.1 Å². The van der Waals surface area contributed by atoms with Gasteiger partial charge in [0.05, 0.1) is 0 Å². The van der Waals surface area contributed by atoms with Crippen LogP contribution in [-0.2, 0) is 0 Å². The van der Waals surface area contributed by atoms with Crippen molar-refractivity contribution >= 4 is 28.4 Å². The van der Waals surface area contributed by atoms with Crippen molar-refractivity contribution in [2.75, 3.05) is 11.1 Å². The van der Waals surface area contributed by atoms with Gasteiger partial charge in [0.15, 0.2) is 0 Å². The molecule has 0 aliphatic heterocycles. The van der Waals surface area contributed by atoms with Crippen molar-refractivity contribution < 1.29 is 0 Å². The number of nitrogens with one attached hydrogen (secondary N) is 1. The minimum absolute atomic E-state index is 0.612. The average Bonchev–Trinajstić information content (AvgIpc) is 2.78. The molecule has 0 amide bonds. The summed E-state index contributed by atoms with van der Waals surface area (Å²) in [4.78, 5) is 4.33. The van der Waals surface area contributed by atoms with Crippen molar-refractivity contribution in [3.05, 3.63) is 5.82 Å². The van der Waals surface area contributed by atoms with Gasteiger partial charge in [0, 0.05) is 22.8 Å². The van der Waals surface area contributed by atoms with E-state index in [0.717, 1.165) is 16.2 Å². The van der Waals surface area contributed by atoms with E-state index in [0.29, 0.717) is 6.04 Å². The highest BCUT2D eigenvalue weighted by Gasteiger charge is 2.24. The van der Waals surface area contributed by atoms with Crippen LogP contribution >= 0.6 is 23.3 Å². The third kappa shape index (κ3) is 3.08. The van der Waals surface area contributed by atoms with Crippen LogP contribution in [0.2, 0.25) is 0 Å². The second-order valence-corrected chi connectivity index (χ2v) is 6.21. The molecule has 1 fully saturated rings. The molecule has 84 valence electrons. The molecule has 15 heavy (non-hydrogen) atoms. The number of hydrogen-bond donors (Lipinski definition) is 1. The molecule has 0 radical (unpaired) electrons. The monoisotopic (exact) mass is 243 g/mol. The zero-order chi connectivity index (χ0) is 10.7. The molecular formula is C10H17N3S2. The minimum Gasteiger partial charge on any atom is -0.358 e. The minimum atomic E-state index is 0.612. The number of hydrogen-bond acceptors (Lipinski definition) is 5. The molecule has 1 aliphatic carbocycles. The van der Waals surface area contributed by atoms with Crippen LogP contribution in [0.3, 0.4) is 0 Å². The molecule has 3 nitrogen and oxygen atoms in total. The van der Waals surface area contributed by atoms with Gasteiger partial charge in [-0.15, -0.1) is 0 Å². The van der Waals surface area contributed by atoms with E-state index in [2.05, 4.69) is 33.4 Å². The molecular weight excluding hydrogens is 226 g/mol. The summed E-state index contributed by atoms with van der Waals surface area (Å²) < 4.78 is 4.18. The summed E-state index contributed by atoms with van der Waals surface area (Å²) >= 11 is 3.56. The van der Waals surface area contributed by atoms with E-state index in [4.69, 9.17) is 0 Å². The maximum atomic E-state index is 4.33. The first-order chi connectivity index (χ1) is 7.28. The second kappa shape index (κ2) is 5.16. The number of rotatable bonds is 4. The predicted molar refractivity (Wildman–Crippen MR) is 67.8 cm³/mol. The molecule has 0 saturated heterocycles. The Labute approximate surface area is 99.2 Å². The number of thioether (sulfide) groups is 1. The predicted octanol–water partition coefficient (Wildman–Crippen LogP) is 2.93. The average molecular weight is 243 g/mol. The van der Waals surface area contributed by atoms with Crippen LogP contribution in [-0.4, -0.2) is 26.4 Å². The zero-order valence-corrected chi connectivity index (χ0v) is 10.8. The summed E-state index contributed by atoms with van der Waals surface area (Å²) in [5.41, 5.74) is 0. The normalized spacial score (nSPS) is 25.7. The molecule has 2 atom stereocenters. The van der Waals surface area contributed by atoms with Crippen molar-refractivity contribution in [3.63, 3.8) is 0 Å². The molecule has 1 heterocycles. The lowest BCUT2D eigenvalue weighted by Crippen LogP contribution is -2.15. The lowest BCUT2D eigenvalue weighted by atomic mass is 10.3. The van der Waals surface area contributed by atoms with Gasteiger partial charge in [0.1, 0.15) is 5.82 Å². The molecule has 1 aromatic heterocycles. The maximum Gasteiger partial charge on any atom is 0.202 e. The Bertz CT molecular complexity index is 313. The number of nitrogens with zero attached hydrogens (tertiary/aromatic N) is 2. The van der Waals surface area contributed by atoms with Crippen molar-refractivity contribution in [1.29, 1.82) is 0 Å². The Kier molecular flexibility index (Phi) is 3.86. The van der Waals surface area contributed by atoms with Crippen LogP contribution in [0.25, 0.3) is 0 Å². The van der Waals surface area contributed by atoms with E-state index in [-0.39, 0.29) is 0 Å². The fourth-order valence-electron chi connectivity index (χ4n) is 1.99. The molecule has 1 aromatic rings. The second-order valence-electron chi connectivity index (χ2n) is 3.88. The van der Waals surface area contributed by atoms with Crippen LogP contribution in [0.15, 0.2) is 0 Å². The first-order valence-electron chi connectivity index (χ1n) is 5.46. The Morgan fingerprint density at radius 3 is 3.07 bits per heavy atom. The van der Waals surface area contributed by atoms with E-state index in [9.17, 15) is 0 Å². The fourth-order valence-corrected chi connectivity index (χ4v) is 3.78. The molecule has 5 heteroatoms. The summed E-state index contributed by atoms with van der Waals surface area (Å²) in [5, 5.41) is 5.32. The standard InChI is InChI=1S/C10H17N3S2/c1-3-14-9-5-4-8(6-9)12-10-11-7(2)13-15-10/h8-9H,3-6H2,1-2H3,(H,11,12,13). The SMILES string of the molecule is CCSC1CCC(Nc2nc(C)ns2)C1. The van der Waals surface area contributed by atoms with Gasteiger partial charge in [-0.3, -0.25) is 0 Å². The molecule has 1 aliphatic rings. The number of anilines is 1. The maximum absolute atomic E-state index is 4.33. The third-order valence-corrected chi connectivity index (χ3v) is 4.61. The Hall–Kier alpha value is -0.290. The van der Waals surface area contributed by atoms with E-state index >= 15 is 0 Å². The molecule has 1 saturated carbocycles. The summed E-state index contributed by atoms with van der Waals surface area (Å²) in [6, 6.07) is 0.612. The molecule has 0 spiro atoms. The fraction of sp³-hybridized carbons (Fsp3) is 0.800. The Morgan fingerprint density at radius 1 is 1.53 bits per heavy atom. The van der Waals surface area contributed by atoms with Crippen LogP contribution < -0.4 is 5.32 Å². The van der Waals surface area contributed by atoms with E-state index in [1.54, 1.807) is 0 Å². The van der Waals surface area contributed by atoms with Crippen LogP contribution in [0, 0.1) is 6.92 Å². The quantitative estimate of drug-likeness (QED) is 0.882. The highest BCUT2D eigenvalue weighted by Crippen LogP contribution is 2.31. The van der Waals surface area contributed by atoms with Crippen LogP contribution in [0.1, 0.15) is 32.0 Å². The molecule has 2 unspecified atom stereocenters. The van der Waals surface area contributed by atoms with Crippen LogP contribution in [0.4, 0.5) is 5.13 Å². The Balaban J connectivity index is 1.82. The van der Waals surface area contributed by atoms with Gasteiger partial charge < -0.3 is 5.32 Å². The summed E-state index contributed by atoms with van der Waals surface area (Å²) in [5.74, 6) is 2.11. The molecule has 0 bridgehead atoms. The van der Waals surface area contributed by atoms with Gasteiger partial charge in [-0.1, -0.05) is 6.92 Å². The van der Waals surface area contributed by atoms with Gasteiger partial charge in [0.25, 0.3) is 0 Å². The summed E-state index contributed by atoms with van der Waals surface area (Å²) in [7, 11) is 0. The lowest BCUT2D eigenvalue weighted by molar-refractivity contribution is 0.755. The highest BCUT2D eigenvalue weighted by molar-refractivity contribution is 7.99. The Morgan fingerprint density at radius 2 is 2.40 bits per heavy atom. The third-order valence-electron chi connectivity index (χ3n) is 2.64. The number of aryl methyl sites for hydroxylation is 1. The molecule has 2 rings (SSSR count). The lowest BCUT2D eigenvalue weighted by Gasteiger charge is -2.11. The van der Waals surface area contributed by atoms with Gasteiger partial charge in [-0.05, 0) is 31.9 Å². The van der Waals surface area contributed by atoms with E-state index in [1.165, 1.54) is 36.5 Å². The first kappa shape index (κ1) is 11.2. The zero-order valence-electron chi connectivity index (χ0n) is 9.19. The van der Waals surface area contributed by atoms with Crippen molar-refractivity contribution in [2.24, 2.45) is 0 Å². The summed E-state index contributed by atoms with van der Waals surface area (Å²) in [6.45, 7) is 4.17. The number of aromatic nitrogens is 2. The molecule has 1 N–H and O–H groups in total. The van der Waals surface area contributed by atoms with E-state index < -0.39 is 0 Å². The smallest absolute Gasteiger partial charge is 0.202 e. The van der Waals surface area contributed by atoms with E-state index in [1.807, 2.05) is 6.92 Å². The summed E-state index contributed by atoms with van der Waals surface area (Å²) in [6.07, 6.45) is 3.89. The topological polar surface area (TPSA) is 37.8 Å². The van der Waals surface area contributed by atoms with Crippen LogP contribution in [0.5, 0.6) is 0 Å². The van der Waals surface area contributed by atoms with Gasteiger partial charge in [0.2, 0.25) is 5.13 Å². The largest absolute Gasteiger partial charge is 0.358 e. The van der Waals surface area contributed by atoms with Crippen molar-refractivity contribution in [3.8, 4) is 0 Å².